The Hall–Kier alpha value is -4.38. The molecule has 0 unspecified atom stereocenters. The summed E-state index contributed by atoms with van der Waals surface area (Å²) in [5.41, 5.74) is 8.19. The zero-order chi connectivity index (χ0) is 20.9. The molecular weight excluding hydrogens is 380 g/mol. The van der Waals surface area contributed by atoms with Crippen LogP contribution in [0, 0.1) is 12.3 Å². The van der Waals surface area contributed by atoms with Gasteiger partial charge in [-0.2, -0.15) is 5.10 Å². The van der Waals surface area contributed by atoms with Gasteiger partial charge in [0.25, 0.3) is 5.91 Å². The van der Waals surface area contributed by atoms with Gasteiger partial charge < -0.3 is 15.8 Å². The summed E-state index contributed by atoms with van der Waals surface area (Å²) in [7, 11) is 0. The number of anilines is 1. The standard InChI is InChI=1S/C22H18N6O2/c1-2-18(29)24-12-13-28-22-19(21(23)25-14-26-22)20(27-28)15-8-10-17(11-9-15)30-16-6-4-3-5-7-16/h1,3-11,14H,12-13H2,(H,24,29)(H2,23,25,26). The van der Waals surface area contributed by atoms with E-state index in [1.165, 1.54) is 6.33 Å². The van der Waals surface area contributed by atoms with Gasteiger partial charge in [-0.3, -0.25) is 4.79 Å². The lowest BCUT2D eigenvalue weighted by Crippen LogP contribution is -2.26. The number of nitrogens with two attached hydrogens (primary N) is 1. The van der Waals surface area contributed by atoms with Gasteiger partial charge in [0, 0.05) is 12.1 Å². The highest BCUT2D eigenvalue weighted by atomic mass is 16.5. The van der Waals surface area contributed by atoms with Crippen molar-refractivity contribution in [1.29, 1.82) is 0 Å². The van der Waals surface area contributed by atoms with Crippen molar-refractivity contribution >= 4 is 22.8 Å². The maximum absolute atomic E-state index is 11.3. The van der Waals surface area contributed by atoms with Crippen LogP contribution >= 0.6 is 0 Å². The number of nitrogens with one attached hydrogen (secondary N) is 1. The van der Waals surface area contributed by atoms with Crippen LogP contribution in [-0.4, -0.2) is 32.2 Å². The first-order chi connectivity index (χ1) is 14.7. The average molecular weight is 398 g/mol. The van der Waals surface area contributed by atoms with Gasteiger partial charge in [-0.15, -0.1) is 6.42 Å². The molecule has 0 saturated heterocycles. The fourth-order valence-electron chi connectivity index (χ4n) is 3.02. The fraction of sp³-hybridized carbons (Fsp3) is 0.0909. The molecule has 3 N–H and O–H groups in total. The number of hydrogen-bond donors (Lipinski definition) is 2. The van der Waals surface area contributed by atoms with E-state index in [9.17, 15) is 4.79 Å². The molecule has 0 spiro atoms. The summed E-state index contributed by atoms with van der Waals surface area (Å²) in [4.78, 5) is 19.7. The van der Waals surface area contributed by atoms with Crippen molar-refractivity contribution < 1.29 is 9.53 Å². The van der Waals surface area contributed by atoms with Crippen molar-refractivity contribution in [3.05, 3.63) is 60.9 Å². The molecule has 0 radical (unpaired) electrons. The molecule has 30 heavy (non-hydrogen) atoms. The van der Waals surface area contributed by atoms with Crippen LogP contribution in [0.5, 0.6) is 11.5 Å². The molecule has 4 rings (SSSR count). The van der Waals surface area contributed by atoms with Gasteiger partial charge in [-0.05, 0) is 42.3 Å². The van der Waals surface area contributed by atoms with E-state index in [1.807, 2.05) is 60.5 Å². The number of fused-ring (bicyclic) bond motifs is 1. The predicted molar refractivity (Wildman–Crippen MR) is 114 cm³/mol. The highest BCUT2D eigenvalue weighted by molar-refractivity contribution is 5.98. The van der Waals surface area contributed by atoms with Gasteiger partial charge in [0.15, 0.2) is 5.65 Å². The summed E-state index contributed by atoms with van der Waals surface area (Å²) in [6, 6.07) is 17.1. The molecule has 2 aromatic heterocycles. The van der Waals surface area contributed by atoms with E-state index in [-0.39, 0.29) is 0 Å². The molecule has 8 heteroatoms. The molecule has 4 aromatic rings. The number of terminal acetylenes is 1. The second kappa shape index (κ2) is 8.32. The smallest absolute Gasteiger partial charge is 0.295 e. The highest BCUT2D eigenvalue weighted by Gasteiger charge is 2.17. The first-order valence-corrected chi connectivity index (χ1v) is 9.20. The number of aromatic nitrogens is 4. The van der Waals surface area contributed by atoms with Crippen molar-refractivity contribution in [3.63, 3.8) is 0 Å². The maximum atomic E-state index is 11.3. The fourth-order valence-corrected chi connectivity index (χ4v) is 3.02. The minimum atomic E-state index is -0.477. The Balaban J connectivity index is 1.63. The molecule has 0 bridgehead atoms. The predicted octanol–water partition coefficient (Wildman–Crippen LogP) is 2.62. The largest absolute Gasteiger partial charge is 0.457 e. The van der Waals surface area contributed by atoms with E-state index >= 15 is 0 Å². The van der Waals surface area contributed by atoms with Crippen LogP contribution in [0.4, 0.5) is 5.82 Å². The number of carbonyl (C=O) groups excluding carboxylic acids is 1. The molecule has 1 amide bonds. The van der Waals surface area contributed by atoms with Gasteiger partial charge in [0.05, 0.1) is 11.9 Å². The van der Waals surface area contributed by atoms with Crippen molar-refractivity contribution in [3.8, 4) is 35.1 Å². The molecule has 0 aliphatic carbocycles. The molecule has 0 fully saturated rings. The molecule has 0 aliphatic heterocycles. The Morgan fingerprint density at radius 3 is 2.57 bits per heavy atom. The summed E-state index contributed by atoms with van der Waals surface area (Å²) in [5.74, 6) is 3.33. The SMILES string of the molecule is C#CC(=O)NCCn1nc(-c2ccc(Oc3ccccc3)cc2)c2c(N)ncnc21. The first-order valence-electron chi connectivity index (χ1n) is 9.20. The minimum absolute atomic E-state index is 0.313. The van der Waals surface area contributed by atoms with Crippen LogP contribution < -0.4 is 15.8 Å². The third-order valence-corrected chi connectivity index (χ3v) is 4.41. The summed E-state index contributed by atoms with van der Waals surface area (Å²) < 4.78 is 7.51. The lowest BCUT2D eigenvalue weighted by atomic mass is 10.1. The van der Waals surface area contributed by atoms with E-state index in [0.717, 1.165) is 11.3 Å². The van der Waals surface area contributed by atoms with E-state index in [0.29, 0.717) is 41.4 Å². The van der Waals surface area contributed by atoms with Gasteiger partial charge in [0.1, 0.15) is 29.3 Å². The van der Waals surface area contributed by atoms with Crippen molar-refractivity contribution in [1.82, 2.24) is 25.1 Å². The molecule has 0 aliphatic rings. The van der Waals surface area contributed by atoms with Crippen LogP contribution in [0.3, 0.4) is 0 Å². The van der Waals surface area contributed by atoms with Crippen LogP contribution in [0.25, 0.3) is 22.3 Å². The number of carbonyl (C=O) groups is 1. The Bertz CT molecular complexity index is 1230. The summed E-state index contributed by atoms with van der Waals surface area (Å²) in [5, 5.41) is 7.91. The average Bonchev–Trinajstić information content (AvgIpc) is 3.15. The molecule has 2 aromatic carbocycles. The molecule has 148 valence electrons. The Labute approximate surface area is 172 Å². The van der Waals surface area contributed by atoms with Crippen LogP contribution in [-0.2, 0) is 11.3 Å². The van der Waals surface area contributed by atoms with Gasteiger partial charge >= 0.3 is 0 Å². The van der Waals surface area contributed by atoms with Crippen molar-refractivity contribution in [2.24, 2.45) is 0 Å². The van der Waals surface area contributed by atoms with E-state index in [1.54, 1.807) is 4.68 Å². The molecule has 2 heterocycles. The Morgan fingerprint density at radius 1 is 1.10 bits per heavy atom. The summed E-state index contributed by atoms with van der Waals surface area (Å²) in [6.07, 6.45) is 6.46. The second-order valence-corrected chi connectivity index (χ2v) is 6.37. The third kappa shape index (κ3) is 3.91. The Morgan fingerprint density at radius 2 is 1.83 bits per heavy atom. The quantitative estimate of drug-likeness (QED) is 0.484. The number of benzene rings is 2. The number of para-hydroxylation sites is 1. The monoisotopic (exact) mass is 398 g/mol. The summed E-state index contributed by atoms with van der Waals surface area (Å²) in [6.45, 7) is 0.697. The number of hydrogen-bond acceptors (Lipinski definition) is 6. The molecule has 0 atom stereocenters. The highest BCUT2D eigenvalue weighted by Crippen LogP contribution is 2.31. The number of nitrogen functional groups attached to an aromatic ring is 1. The molecular formula is C22H18N6O2. The van der Waals surface area contributed by atoms with Gasteiger partial charge in [0.2, 0.25) is 0 Å². The lowest BCUT2D eigenvalue weighted by molar-refractivity contribution is -0.115. The van der Waals surface area contributed by atoms with Crippen LogP contribution in [0.15, 0.2) is 60.9 Å². The van der Waals surface area contributed by atoms with E-state index < -0.39 is 5.91 Å². The topological polar surface area (TPSA) is 108 Å². The maximum Gasteiger partial charge on any atom is 0.295 e. The van der Waals surface area contributed by atoms with E-state index in [4.69, 9.17) is 16.9 Å². The van der Waals surface area contributed by atoms with Crippen LogP contribution in [0.1, 0.15) is 0 Å². The number of amides is 1. The molecule has 0 saturated carbocycles. The minimum Gasteiger partial charge on any atom is -0.457 e. The number of rotatable bonds is 6. The third-order valence-electron chi connectivity index (χ3n) is 4.41. The van der Waals surface area contributed by atoms with Gasteiger partial charge in [-0.25, -0.2) is 14.6 Å². The second-order valence-electron chi connectivity index (χ2n) is 6.37. The van der Waals surface area contributed by atoms with Gasteiger partial charge in [-0.1, -0.05) is 18.2 Å². The Kier molecular flexibility index (Phi) is 5.26. The van der Waals surface area contributed by atoms with Crippen molar-refractivity contribution in [2.45, 2.75) is 6.54 Å². The normalized spacial score (nSPS) is 10.5. The molecule has 8 nitrogen and oxygen atoms in total. The van der Waals surface area contributed by atoms with Crippen LogP contribution in [0.2, 0.25) is 0 Å². The summed E-state index contributed by atoms with van der Waals surface area (Å²) >= 11 is 0. The first kappa shape index (κ1) is 19.0. The zero-order valence-corrected chi connectivity index (χ0v) is 15.9. The lowest BCUT2D eigenvalue weighted by Gasteiger charge is -2.06. The number of ether oxygens (including phenoxy) is 1. The van der Waals surface area contributed by atoms with Crippen molar-refractivity contribution in [2.75, 3.05) is 12.3 Å². The number of nitrogens with zero attached hydrogens (tertiary/aromatic N) is 4. The zero-order valence-electron chi connectivity index (χ0n) is 15.9. The van der Waals surface area contributed by atoms with E-state index in [2.05, 4.69) is 20.4 Å².